The Morgan fingerprint density at radius 1 is 1.09 bits per heavy atom. The van der Waals surface area contributed by atoms with E-state index in [0.29, 0.717) is 52.7 Å². The molecular weight excluding hydrogens is 442 g/mol. The Morgan fingerprint density at radius 3 is 2.52 bits per heavy atom. The number of piperidine rings is 1. The second kappa shape index (κ2) is 9.52. The summed E-state index contributed by atoms with van der Waals surface area (Å²) in [6, 6.07) is 12.5. The number of hydrogen-bond donors (Lipinski definition) is 0. The SMILES string of the molecule is COc1ccc(-c2noc(C3CCCN(S(=O)(=O)c4ccc(C(C)C)cc4)C3)n2)c(OC)c1. The molecular formula is C24H29N3O5S. The van der Waals surface area contributed by atoms with Gasteiger partial charge >= 0.3 is 0 Å². The zero-order chi connectivity index (χ0) is 23.6. The highest BCUT2D eigenvalue weighted by Gasteiger charge is 2.33. The first-order valence-corrected chi connectivity index (χ1v) is 12.4. The van der Waals surface area contributed by atoms with Gasteiger partial charge in [0.1, 0.15) is 11.5 Å². The van der Waals surface area contributed by atoms with Crippen molar-refractivity contribution in [2.75, 3.05) is 27.3 Å². The lowest BCUT2D eigenvalue weighted by atomic mass is 10.00. The Labute approximate surface area is 194 Å². The summed E-state index contributed by atoms with van der Waals surface area (Å²) in [7, 11) is -0.447. The van der Waals surface area contributed by atoms with E-state index in [1.54, 1.807) is 38.5 Å². The fourth-order valence-electron chi connectivity index (χ4n) is 4.03. The summed E-state index contributed by atoms with van der Waals surface area (Å²) in [5, 5.41) is 4.12. The molecule has 33 heavy (non-hydrogen) atoms. The first-order chi connectivity index (χ1) is 15.8. The van der Waals surface area contributed by atoms with Crippen LogP contribution >= 0.6 is 0 Å². The molecule has 2 aromatic carbocycles. The Kier molecular flexibility index (Phi) is 6.71. The van der Waals surface area contributed by atoms with Crippen molar-refractivity contribution in [3.8, 4) is 22.9 Å². The van der Waals surface area contributed by atoms with Crippen molar-refractivity contribution in [1.29, 1.82) is 0 Å². The van der Waals surface area contributed by atoms with Gasteiger partial charge in [0.15, 0.2) is 0 Å². The minimum atomic E-state index is -3.60. The molecule has 1 aliphatic heterocycles. The summed E-state index contributed by atoms with van der Waals surface area (Å²) in [6.45, 7) is 4.94. The summed E-state index contributed by atoms with van der Waals surface area (Å²) in [5.41, 5.74) is 1.79. The van der Waals surface area contributed by atoms with Crippen LogP contribution in [-0.4, -0.2) is 50.2 Å². The molecule has 0 bridgehead atoms. The van der Waals surface area contributed by atoms with Gasteiger partial charge in [0.2, 0.25) is 21.7 Å². The van der Waals surface area contributed by atoms with Crippen LogP contribution in [0, 0.1) is 0 Å². The standard InChI is InChI=1S/C24H29N3O5S/c1-16(2)17-7-10-20(11-8-17)33(28,29)27-13-5-6-18(15-27)24-25-23(26-32-24)21-12-9-19(30-3)14-22(21)31-4/h7-12,14,16,18H,5-6,13,15H2,1-4H3. The number of aromatic nitrogens is 2. The van der Waals surface area contributed by atoms with Gasteiger partial charge in [0.05, 0.1) is 30.6 Å². The van der Waals surface area contributed by atoms with Crippen molar-refractivity contribution >= 4 is 10.0 Å². The molecule has 1 aliphatic rings. The number of benzene rings is 2. The molecule has 1 fully saturated rings. The Balaban J connectivity index is 1.54. The van der Waals surface area contributed by atoms with E-state index in [-0.39, 0.29) is 5.92 Å². The molecule has 0 aliphatic carbocycles. The van der Waals surface area contributed by atoms with Gasteiger partial charge in [0.25, 0.3) is 0 Å². The van der Waals surface area contributed by atoms with E-state index in [9.17, 15) is 8.42 Å². The highest BCUT2D eigenvalue weighted by atomic mass is 32.2. The number of nitrogens with zero attached hydrogens (tertiary/aromatic N) is 3. The van der Waals surface area contributed by atoms with Crippen molar-refractivity contribution in [2.45, 2.75) is 43.4 Å². The van der Waals surface area contributed by atoms with Gasteiger partial charge in [-0.05, 0) is 48.6 Å². The Bertz CT molecular complexity index is 1210. The number of ether oxygens (including phenoxy) is 2. The zero-order valence-corrected chi connectivity index (χ0v) is 20.1. The molecule has 1 unspecified atom stereocenters. The van der Waals surface area contributed by atoms with Crippen LogP contribution in [0.25, 0.3) is 11.4 Å². The largest absolute Gasteiger partial charge is 0.497 e. The van der Waals surface area contributed by atoms with Crippen molar-refractivity contribution in [1.82, 2.24) is 14.4 Å². The summed E-state index contributed by atoms with van der Waals surface area (Å²) >= 11 is 0. The fourth-order valence-corrected chi connectivity index (χ4v) is 5.55. The van der Waals surface area contributed by atoms with Crippen LogP contribution in [0.4, 0.5) is 0 Å². The summed E-state index contributed by atoms with van der Waals surface area (Å²) < 4.78 is 44.2. The molecule has 0 N–H and O–H groups in total. The first kappa shape index (κ1) is 23.3. The van der Waals surface area contributed by atoms with E-state index < -0.39 is 10.0 Å². The van der Waals surface area contributed by atoms with Crippen molar-refractivity contribution in [3.63, 3.8) is 0 Å². The topological polar surface area (TPSA) is 94.8 Å². The second-order valence-corrected chi connectivity index (χ2v) is 10.4. The normalized spacial score (nSPS) is 17.3. The maximum Gasteiger partial charge on any atom is 0.243 e. The molecule has 3 aromatic rings. The molecule has 0 spiro atoms. The fraction of sp³-hybridized carbons (Fsp3) is 0.417. The third-order valence-electron chi connectivity index (χ3n) is 6.01. The quantitative estimate of drug-likeness (QED) is 0.502. The molecule has 2 heterocycles. The van der Waals surface area contributed by atoms with E-state index >= 15 is 0 Å². The minimum Gasteiger partial charge on any atom is -0.497 e. The van der Waals surface area contributed by atoms with Crippen molar-refractivity contribution in [2.24, 2.45) is 0 Å². The van der Waals surface area contributed by atoms with Crippen LogP contribution in [-0.2, 0) is 10.0 Å². The molecule has 176 valence electrons. The van der Waals surface area contributed by atoms with Gasteiger partial charge in [-0.3, -0.25) is 0 Å². The highest BCUT2D eigenvalue weighted by molar-refractivity contribution is 7.89. The van der Waals surface area contributed by atoms with Crippen LogP contribution in [0.5, 0.6) is 11.5 Å². The van der Waals surface area contributed by atoms with Gasteiger partial charge in [-0.25, -0.2) is 8.42 Å². The molecule has 0 amide bonds. The van der Waals surface area contributed by atoms with Crippen LogP contribution in [0.3, 0.4) is 0 Å². The van der Waals surface area contributed by atoms with Gasteiger partial charge in [-0.1, -0.05) is 31.1 Å². The Morgan fingerprint density at radius 2 is 1.85 bits per heavy atom. The van der Waals surface area contributed by atoms with Gasteiger partial charge < -0.3 is 14.0 Å². The first-order valence-electron chi connectivity index (χ1n) is 11.0. The van der Waals surface area contributed by atoms with E-state index in [2.05, 4.69) is 24.0 Å². The number of methoxy groups -OCH3 is 2. The lowest BCUT2D eigenvalue weighted by molar-refractivity contribution is 0.265. The third-order valence-corrected chi connectivity index (χ3v) is 7.89. The van der Waals surface area contributed by atoms with E-state index in [1.807, 2.05) is 18.2 Å². The van der Waals surface area contributed by atoms with E-state index in [4.69, 9.17) is 14.0 Å². The van der Waals surface area contributed by atoms with Crippen LogP contribution in [0.15, 0.2) is 51.9 Å². The average Bonchev–Trinajstić information content (AvgIpc) is 3.34. The van der Waals surface area contributed by atoms with Gasteiger partial charge in [-0.2, -0.15) is 9.29 Å². The number of rotatable bonds is 7. The molecule has 0 saturated carbocycles. The third kappa shape index (κ3) is 4.74. The van der Waals surface area contributed by atoms with Crippen LogP contribution < -0.4 is 9.47 Å². The smallest absolute Gasteiger partial charge is 0.243 e. The summed E-state index contributed by atoms with van der Waals surface area (Å²) in [5.74, 6) is 2.23. The Hall–Kier alpha value is -2.91. The molecule has 0 radical (unpaired) electrons. The zero-order valence-electron chi connectivity index (χ0n) is 19.3. The predicted octanol–water partition coefficient (Wildman–Crippen LogP) is 4.45. The van der Waals surface area contributed by atoms with E-state index in [1.165, 1.54) is 4.31 Å². The molecule has 8 nitrogen and oxygen atoms in total. The van der Waals surface area contributed by atoms with Crippen LogP contribution in [0.1, 0.15) is 50.0 Å². The monoisotopic (exact) mass is 471 g/mol. The summed E-state index contributed by atoms with van der Waals surface area (Å²) in [6.07, 6.45) is 1.50. The van der Waals surface area contributed by atoms with E-state index in [0.717, 1.165) is 18.4 Å². The lowest BCUT2D eigenvalue weighted by Gasteiger charge is -2.30. The molecule has 1 saturated heterocycles. The summed E-state index contributed by atoms with van der Waals surface area (Å²) in [4.78, 5) is 4.88. The predicted molar refractivity (Wildman–Crippen MR) is 124 cm³/mol. The maximum absolute atomic E-state index is 13.2. The molecule has 4 rings (SSSR count). The lowest BCUT2D eigenvalue weighted by Crippen LogP contribution is -2.39. The molecule has 1 atom stereocenters. The van der Waals surface area contributed by atoms with Crippen molar-refractivity contribution in [3.05, 3.63) is 53.9 Å². The average molecular weight is 472 g/mol. The van der Waals surface area contributed by atoms with Gasteiger partial charge in [0, 0.05) is 19.2 Å². The van der Waals surface area contributed by atoms with Gasteiger partial charge in [-0.15, -0.1) is 0 Å². The number of hydrogen-bond acceptors (Lipinski definition) is 7. The maximum atomic E-state index is 13.2. The minimum absolute atomic E-state index is 0.172. The van der Waals surface area contributed by atoms with Crippen LogP contribution in [0.2, 0.25) is 0 Å². The molecule has 9 heteroatoms. The molecule has 1 aromatic heterocycles. The van der Waals surface area contributed by atoms with Crippen molar-refractivity contribution < 1.29 is 22.4 Å². The number of sulfonamides is 1. The highest BCUT2D eigenvalue weighted by Crippen LogP contribution is 2.34. The second-order valence-electron chi connectivity index (χ2n) is 8.45.